The van der Waals surface area contributed by atoms with Gasteiger partial charge in [-0.05, 0) is 23.6 Å². The topological polar surface area (TPSA) is 88.4 Å². The normalized spacial score (nSPS) is 18.0. The minimum Gasteiger partial charge on any atom is -0.479 e. The van der Waals surface area contributed by atoms with Crippen LogP contribution in [-0.4, -0.2) is 51.8 Å². The van der Waals surface area contributed by atoms with E-state index in [4.69, 9.17) is 4.74 Å². The molecule has 0 aliphatic carbocycles. The molecule has 0 radical (unpaired) electrons. The lowest BCUT2D eigenvalue weighted by Crippen LogP contribution is -2.46. The summed E-state index contributed by atoms with van der Waals surface area (Å²) in [5, 5.41) is 12.1. The van der Waals surface area contributed by atoms with Crippen molar-refractivity contribution in [1.82, 2.24) is 15.0 Å². The van der Waals surface area contributed by atoms with Crippen molar-refractivity contribution in [3.8, 4) is 11.5 Å². The first-order chi connectivity index (χ1) is 11.7. The molecule has 4 heterocycles. The Morgan fingerprint density at radius 1 is 1.33 bits per heavy atom. The molecule has 0 bridgehead atoms. The Kier molecular flexibility index (Phi) is 3.83. The van der Waals surface area contributed by atoms with Crippen molar-refractivity contribution in [2.45, 2.75) is 6.10 Å². The van der Waals surface area contributed by atoms with Gasteiger partial charge in [-0.15, -0.1) is 11.3 Å². The van der Waals surface area contributed by atoms with Crippen LogP contribution in [-0.2, 0) is 9.53 Å². The maximum atomic E-state index is 11.2. The minimum atomic E-state index is -0.958. The van der Waals surface area contributed by atoms with E-state index in [0.29, 0.717) is 24.7 Å². The third-order valence-corrected chi connectivity index (χ3v) is 4.65. The predicted molar refractivity (Wildman–Crippen MR) is 90.2 cm³/mol. The largest absolute Gasteiger partial charge is 0.479 e. The van der Waals surface area contributed by atoms with Gasteiger partial charge in [-0.2, -0.15) is 0 Å². The Bertz CT molecular complexity index is 883. The van der Waals surface area contributed by atoms with Gasteiger partial charge in [-0.1, -0.05) is 6.07 Å². The van der Waals surface area contributed by atoms with Gasteiger partial charge in [0.2, 0.25) is 0 Å². The van der Waals surface area contributed by atoms with Crippen LogP contribution in [0.5, 0.6) is 0 Å². The van der Waals surface area contributed by atoms with Gasteiger partial charge in [-0.3, -0.25) is 4.98 Å². The second-order valence-electron chi connectivity index (χ2n) is 5.37. The third-order valence-electron chi connectivity index (χ3n) is 3.84. The molecule has 0 saturated carbocycles. The zero-order valence-electron chi connectivity index (χ0n) is 12.6. The molecule has 122 valence electrons. The summed E-state index contributed by atoms with van der Waals surface area (Å²) in [5.41, 5.74) is 0.692. The van der Waals surface area contributed by atoms with Crippen LogP contribution < -0.4 is 4.90 Å². The highest BCUT2D eigenvalue weighted by Crippen LogP contribution is 2.31. The van der Waals surface area contributed by atoms with Crippen molar-refractivity contribution in [3.63, 3.8) is 0 Å². The molecule has 0 spiro atoms. The van der Waals surface area contributed by atoms with Crippen LogP contribution in [0.15, 0.2) is 35.8 Å². The van der Waals surface area contributed by atoms with E-state index in [1.165, 1.54) is 11.3 Å². The summed E-state index contributed by atoms with van der Waals surface area (Å²) >= 11 is 1.53. The molecule has 7 nitrogen and oxygen atoms in total. The molecule has 0 unspecified atom stereocenters. The van der Waals surface area contributed by atoms with E-state index in [9.17, 15) is 9.90 Å². The number of pyridine rings is 1. The van der Waals surface area contributed by atoms with Crippen molar-refractivity contribution in [2.24, 2.45) is 0 Å². The fourth-order valence-electron chi connectivity index (χ4n) is 2.68. The number of carboxylic acid groups (broad SMARTS) is 1. The van der Waals surface area contributed by atoms with E-state index >= 15 is 0 Å². The molecule has 1 atom stereocenters. The average molecular weight is 342 g/mol. The Balaban J connectivity index is 1.79. The van der Waals surface area contributed by atoms with E-state index in [1.807, 2.05) is 34.5 Å². The predicted octanol–water partition coefficient (Wildman–Crippen LogP) is 2.04. The number of morpholine rings is 1. The van der Waals surface area contributed by atoms with Gasteiger partial charge in [0.25, 0.3) is 0 Å². The van der Waals surface area contributed by atoms with Crippen molar-refractivity contribution >= 4 is 33.3 Å². The number of nitrogens with zero attached hydrogens (tertiary/aromatic N) is 4. The van der Waals surface area contributed by atoms with Gasteiger partial charge in [0, 0.05) is 12.7 Å². The van der Waals surface area contributed by atoms with Crippen LogP contribution in [0, 0.1) is 0 Å². The molecule has 8 heteroatoms. The Labute approximate surface area is 141 Å². The second kappa shape index (κ2) is 6.14. The fourth-order valence-corrected chi connectivity index (χ4v) is 3.44. The Morgan fingerprint density at radius 2 is 2.25 bits per heavy atom. The molecule has 24 heavy (non-hydrogen) atoms. The molecule has 1 aliphatic heterocycles. The molecule has 0 aromatic carbocycles. The average Bonchev–Trinajstić information content (AvgIpc) is 3.10. The smallest absolute Gasteiger partial charge is 0.334 e. The lowest BCUT2D eigenvalue weighted by atomic mass is 10.2. The molecular weight excluding hydrogens is 328 g/mol. The van der Waals surface area contributed by atoms with E-state index in [1.54, 1.807) is 6.20 Å². The molecule has 1 N–H and O–H groups in total. The summed E-state index contributed by atoms with van der Waals surface area (Å²) in [7, 11) is 0. The number of rotatable bonds is 3. The first kappa shape index (κ1) is 15.0. The Morgan fingerprint density at radius 3 is 3.04 bits per heavy atom. The number of carboxylic acids is 1. The first-order valence-electron chi connectivity index (χ1n) is 7.48. The number of anilines is 1. The van der Waals surface area contributed by atoms with Crippen molar-refractivity contribution in [3.05, 3.63) is 35.8 Å². The van der Waals surface area contributed by atoms with Gasteiger partial charge in [-0.25, -0.2) is 14.8 Å². The molecule has 0 amide bonds. The summed E-state index contributed by atoms with van der Waals surface area (Å²) in [6, 6.07) is 7.55. The van der Waals surface area contributed by atoms with Crippen molar-refractivity contribution < 1.29 is 14.6 Å². The zero-order valence-corrected chi connectivity index (χ0v) is 13.4. The zero-order chi connectivity index (χ0) is 16.5. The summed E-state index contributed by atoms with van der Waals surface area (Å²) in [6.45, 7) is 1.21. The maximum absolute atomic E-state index is 11.2. The number of fused-ring (bicyclic) bond motifs is 1. The standard InChI is InChI=1S/C16H14N4O3S/c21-16(22)12-9-20(6-7-23-12)14-10-4-8-24-15(10)19-13(18-14)11-3-1-2-5-17-11/h1-5,8,12H,6-7,9H2,(H,21,22)/t12-/m0/s1. The highest BCUT2D eigenvalue weighted by atomic mass is 32.1. The first-order valence-corrected chi connectivity index (χ1v) is 8.36. The van der Waals surface area contributed by atoms with Crippen LogP contribution in [0.3, 0.4) is 0 Å². The molecule has 1 fully saturated rings. The minimum absolute atomic E-state index is 0.263. The highest BCUT2D eigenvalue weighted by Gasteiger charge is 2.28. The van der Waals surface area contributed by atoms with E-state index < -0.39 is 12.1 Å². The molecule has 1 aliphatic rings. The van der Waals surface area contributed by atoms with Crippen LogP contribution >= 0.6 is 11.3 Å². The summed E-state index contributed by atoms with van der Waals surface area (Å²) in [5.74, 6) is 0.315. The molecule has 1 saturated heterocycles. The quantitative estimate of drug-likeness (QED) is 0.779. The lowest BCUT2D eigenvalue weighted by Gasteiger charge is -2.32. The third kappa shape index (κ3) is 2.70. The van der Waals surface area contributed by atoms with Crippen LogP contribution in [0.4, 0.5) is 5.82 Å². The fraction of sp³-hybridized carbons (Fsp3) is 0.250. The lowest BCUT2D eigenvalue weighted by molar-refractivity contribution is -0.150. The summed E-state index contributed by atoms with van der Waals surface area (Å²) in [6.07, 6.45) is 0.854. The van der Waals surface area contributed by atoms with Crippen LogP contribution in [0.25, 0.3) is 21.7 Å². The number of aromatic nitrogens is 3. The molecular formula is C16H14N4O3S. The second-order valence-corrected chi connectivity index (χ2v) is 6.26. The molecule has 3 aromatic heterocycles. The number of thiophene rings is 1. The van der Waals surface area contributed by atoms with E-state index in [2.05, 4.69) is 15.0 Å². The van der Waals surface area contributed by atoms with Gasteiger partial charge in [0.05, 0.1) is 18.5 Å². The monoisotopic (exact) mass is 342 g/mol. The SMILES string of the molecule is O=C(O)[C@@H]1CN(c2nc(-c3ccccn3)nc3sccc23)CCO1. The van der Waals surface area contributed by atoms with Gasteiger partial charge in [0.15, 0.2) is 11.9 Å². The van der Waals surface area contributed by atoms with Gasteiger partial charge >= 0.3 is 5.97 Å². The number of hydrogen-bond acceptors (Lipinski definition) is 7. The number of hydrogen-bond donors (Lipinski definition) is 1. The molecule has 3 aromatic rings. The summed E-state index contributed by atoms with van der Waals surface area (Å²) < 4.78 is 5.31. The van der Waals surface area contributed by atoms with Gasteiger partial charge < -0.3 is 14.7 Å². The number of ether oxygens (including phenoxy) is 1. The van der Waals surface area contributed by atoms with Crippen molar-refractivity contribution in [2.75, 3.05) is 24.6 Å². The molecule has 4 rings (SSSR count). The number of aliphatic carboxylic acids is 1. The van der Waals surface area contributed by atoms with Crippen molar-refractivity contribution in [1.29, 1.82) is 0 Å². The van der Waals surface area contributed by atoms with Crippen LogP contribution in [0.1, 0.15) is 0 Å². The van der Waals surface area contributed by atoms with Gasteiger partial charge in [0.1, 0.15) is 16.3 Å². The highest BCUT2D eigenvalue weighted by molar-refractivity contribution is 7.16. The maximum Gasteiger partial charge on any atom is 0.334 e. The summed E-state index contributed by atoms with van der Waals surface area (Å²) in [4.78, 5) is 27.6. The van der Waals surface area contributed by atoms with E-state index in [-0.39, 0.29) is 6.54 Å². The Hall–Kier alpha value is -2.58. The van der Waals surface area contributed by atoms with E-state index in [0.717, 1.165) is 16.0 Å². The van der Waals surface area contributed by atoms with Crippen LogP contribution in [0.2, 0.25) is 0 Å². The number of carbonyl (C=O) groups is 1.